The Balaban J connectivity index is 2.00. The van der Waals surface area contributed by atoms with Crippen molar-refractivity contribution in [3.8, 4) is 0 Å². The SMILES string of the molecule is CCC1CN(Cc2cccnc2NN)CCO1. The maximum absolute atomic E-state index is 5.65. The van der Waals surface area contributed by atoms with Gasteiger partial charge in [0.1, 0.15) is 5.82 Å². The molecule has 0 saturated carbocycles. The first-order chi connectivity index (χ1) is 8.33. The van der Waals surface area contributed by atoms with Gasteiger partial charge in [-0.25, -0.2) is 10.8 Å². The van der Waals surface area contributed by atoms with Crippen LogP contribution in [-0.4, -0.2) is 35.7 Å². The summed E-state index contributed by atoms with van der Waals surface area (Å²) in [6.45, 7) is 5.79. The zero-order chi connectivity index (χ0) is 12.1. The predicted molar refractivity (Wildman–Crippen MR) is 67.4 cm³/mol. The van der Waals surface area contributed by atoms with Gasteiger partial charge in [0.05, 0.1) is 12.7 Å². The van der Waals surface area contributed by atoms with Gasteiger partial charge in [0.15, 0.2) is 0 Å². The third-order valence-corrected chi connectivity index (χ3v) is 3.10. The number of nitrogens with two attached hydrogens (primary N) is 1. The van der Waals surface area contributed by atoms with Crippen molar-refractivity contribution in [1.82, 2.24) is 9.88 Å². The number of hydrogen-bond donors (Lipinski definition) is 2. The van der Waals surface area contributed by atoms with E-state index in [4.69, 9.17) is 10.6 Å². The van der Waals surface area contributed by atoms with Crippen LogP contribution in [0.5, 0.6) is 0 Å². The fourth-order valence-corrected chi connectivity index (χ4v) is 2.11. The smallest absolute Gasteiger partial charge is 0.144 e. The molecule has 1 aliphatic rings. The lowest BCUT2D eigenvalue weighted by Gasteiger charge is -2.32. The van der Waals surface area contributed by atoms with Crippen molar-refractivity contribution in [1.29, 1.82) is 0 Å². The Kier molecular flexibility index (Phi) is 4.30. The number of ether oxygens (including phenoxy) is 1. The second kappa shape index (κ2) is 5.95. The normalized spacial score (nSPS) is 21.4. The molecular formula is C12H20N4O. The maximum Gasteiger partial charge on any atom is 0.144 e. The molecule has 1 aromatic heterocycles. The van der Waals surface area contributed by atoms with Gasteiger partial charge in [-0.1, -0.05) is 13.0 Å². The number of nitrogens with one attached hydrogen (secondary N) is 1. The molecule has 1 atom stereocenters. The number of morpholine rings is 1. The number of pyridine rings is 1. The van der Waals surface area contributed by atoms with E-state index in [2.05, 4.69) is 28.3 Å². The number of nitrogen functional groups attached to an aromatic ring is 1. The van der Waals surface area contributed by atoms with Crippen LogP contribution in [0.4, 0.5) is 5.82 Å². The van der Waals surface area contributed by atoms with Gasteiger partial charge in [0, 0.05) is 31.4 Å². The maximum atomic E-state index is 5.65. The molecule has 1 unspecified atom stereocenters. The Labute approximate surface area is 102 Å². The molecule has 2 rings (SSSR count). The summed E-state index contributed by atoms with van der Waals surface area (Å²) in [5.74, 6) is 6.21. The average molecular weight is 236 g/mol. The Bertz CT molecular complexity index is 358. The van der Waals surface area contributed by atoms with Crippen molar-refractivity contribution in [3.63, 3.8) is 0 Å². The lowest BCUT2D eigenvalue weighted by molar-refractivity contribution is -0.0324. The highest BCUT2D eigenvalue weighted by atomic mass is 16.5. The Hall–Kier alpha value is -1.17. The Morgan fingerprint density at radius 1 is 1.65 bits per heavy atom. The van der Waals surface area contributed by atoms with Gasteiger partial charge in [-0.15, -0.1) is 0 Å². The highest BCUT2D eigenvalue weighted by molar-refractivity contribution is 5.42. The molecule has 0 amide bonds. The second-order valence-electron chi connectivity index (χ2n) is 4.29. The molecule has 0 spiro atoms. The molecule has 3 N–H and O–H groups in total. The summed E-state index contributed by atoms with van der Waals surface area (Å²) < 4.78 is 5.65. The van der Waals surface area contributed by atoms with E-state index in [-0.39, 0.29) is 0 Å². The molecule has 0 aliphatic carbocycles. The molecule has 0 radical (unpaired) electrons. The Morgan fingerprint density at radius 2 is 2.53 bits per heavy atom. The van der Waals surface area contributed by atoms with Crippen LogP contribution in [0.1, 0.15) is 18.9 Å². The van der Waals surface area contributed by atoms with E-state index in [1.807, 2.05) is 6.07 Å². The summed E-state index contributed by atoms with van der Waals surface area (Å²) in [4.78, 5) is 6.59. The molecule has 94 valence electrons. The van der Waals surface area contributed by atoms with Crippen LogP contribution < -0.4 is 11.3 Å². The molecule has 1 saturated heterocycles. The van der Waals surface area contributed by atoms with Crippen molar-refractivity contribution in [2.75, 3.05) is 25.1 Å². The van der Waals surface area contributed by atoms with Gasteiger partial charge in [-0.05, 0) is 12.5 Å². The minimum atomic E-state index is 0.356. The summed E-state index contributed by atoms with van der Waals surface area (Å²) in [5, 5.41) is 0. The number of hydrogen-bond acceptors (Lipinski definition) is 5. The quantitative estimate of drug-likeness (QED) is 0.602. The molecule has 1 aromatic rings. The third kappa shape index (κ3) is 3.15. The topological polar surface area (TPSA) is 63.4 Å². The van der Waals surface area contributed by atoms with Gasteiger partial charge in [-0.2, -0.15) is 0 Å². The van der Waals surface area contributed by atoms with E-state index in [9.17, 15) is 0 Å². The Morgan fingerprint density at radius 3 is 3.29 bits per heavy atom. The van der Waals surface area contributed by atoms with Crippen LogP contribution in [0.25, 0.3) is 0 Å². The molecule has 0 bridgehead atoms. The summed E-state index contributed by atoms with van der Waals surface area (Å²) in [7, 11) is 0. The minimum absolute atomic E-state index is 0.356. The lowest BCUT2D eigenvalue weighted by Crippen LogP contribution is -2.41. The van der Waals surface area contributed by atoms with Crippen LogP contribution in [0, 0.1) is 0 Å². The van der Waals surface area contributed by atoms with E-state index in [0.717, 1.165) is 44.0 Å². The van der Waals surface area contributed by atoms with Crippen LogP contribution in [0.3, 0.4) is 0 Å². The second-order valence-corrected chi connectivity index (χ2v) is 4.29. The molecule has 1 aliphatic heterocycles. The van der Waals surface area contributed by atoms with E-state index in [1.165, 1.54) is 0 Å². The largest absolute Gasteiger partial charge is 0.376 e. The zero-order valence-corrected chi connectivity index (χ0v) is 10.2. The minimum Gasteiger partial charge on any atom is -0.376 e. The van der Waals surface area contributed by atoms with E-state index >= 15 is 0 Å². The monoisotopic (exact) mass is 236 g/mol. The molecular weight excluding hydrogens is 216 g/mol. The van der Waals surface area contributed by atoms with Crippen molar-refractivity contribution >= 4 is 5.82 Å². The average Bonchev–Trinajstić information content (AvgIpc) is 2.39. The van der Waals surface area contributed by atoms with Crippen molar-refractivity contribution in [3.05, 3.63) is 23.9 Å². The fourth-order valence-electron chi connectivity index (χ4n) is 2.11. The van der Waals surface area contributed by atoms with Gasteiger partial charge in [0.25, 0.3) is 0 Å². The van der Waals surface area contributed by atoms with Gasteiger partial charge < -0.3 is 10.2 Å². The van der Waals surface area contributed by atoms with Gasteiger partial charge >= 0.3 is 0 Å². The first-order valence-corrected chi connectivity index (χ1v) is 6.08. The van der Waals surface area contributed by atoms with E-state index < -0.39 is 0 Å². The predicted octanol–water partition coefficient (Wildman–Crippen LogP) is 0.978. The van der Waals surface area contributed by atoms with Gasteiger partial charge in [-0.3, -0.25) is 4.90 Å². The van der Waals surface area contributed by atoms with Crippen LogP contribution in [0.2, 0.25) is 0 Å². The van der Waals surface area contributed by atoms with Crippen LogP contribution in [-0.2, 0) is 11.3 Å². The number of hydrazine groups is 1. The van der Waals surface area contributed by atoms with Crippen molar-refractivity contribution < 1.29 is 4.74 Å². The highest BCUT2D eigenvalue weighted by Crippen LogP contribution is 2.16. The fraction of sp³-hybridized carbons (Fsp3) is 0.583. The van der Waals surface area contributed by atoms with Crippen LogP contribution >= 0.6 is 0 Å². The number of nitrogens with zero attached hydrogens (tertiary/aromatic N) is 2. The van der Waals surface area contributed by atoms with Crippen molar-refractivity contribution in [2.24, 2.45) is 5.84 Å². The van der Waals surface area contributed by atoms with Crippen LogP contribution in [0.15, 0.2) is 18.3 Å². The third-order valence-electron chi connectivity index (χ3n) is 3.10. The number of rotatable bonds is 4. The molecule has 17 heavy (non-hydrogen) atoms. The van der Waals surface area contributed by atoms with Crippen molar-refractivity contribution in [2.45, 2.75) is 26.0 Å². The lowest BCUT2D eigenvalue weighted by atomic mass is 10.2. The zero-order valence-electron chi connectivity index (χ0n) is 10.2. The summed E-state index contributed by atoms with van der Waals surface area (Å²) in [6.07, 6.45) is 3.16. The number of aromatic nitrogens is 1. The van der Waals surface area contributed by atoms with E-state index in [0.29, 0.717) is 6.10 Å². The summed E-state index contributed by atoms with van der Waals surface area (Å²) >= 11 is 0. The molecule has 1 fully saturated rings. The molecule has 2 heterocycles. The standard InChI is InChI=1S/C12H20N4O/c1-2-11-9-16(6-7-17-11)8-10-4-3-5-14-12(10)15-13/h3-5,11H,2,6-9,13H2,1H3,(H,14,15). The molecule has 0 aromatic carbocycles. The summed E-state index contributed by atoms with van der Waals surface area (Å²) in [6, 6.07) is 3.99. The highest BCUT2D eigenvalue weighted by Gasteiger charge is 2.19. The van der Waals surface area contributed by atoms with E-state index in [1.54, 1.807) is 6.20 Å². The first-order valence-electron chi connectivity index (χ1n) is 6.08. The molecule has 5 nitrogen and oxygen atoms in total. The van der Waals surface area contributed by atoms with Gasteiger partial charge in [0.2, 0.25) is 0 Å². The number of anilines is 1. The summed E-state index contributed by atoms with van der Waals surface area (Å²) in [5.41, 5.74) is 3.77. The molecule has 5 heteroatoms. The first kappa shape index (κ1) is 12.3.